The lowest BCUT2D eigenvalue weighted by Gasteiger charge is -2.34. The zero-order chi connectivity index (χ0) is 12.2. The first-order valence-corrected chi connectivity index (χ1v) is 5.72. The maximum Gasteiger partial charge on any atom is 0.167 e. The molecule has 0 aromatic carbocycles. The Morgan fingerprint density at radius 1 is 1.56 bits per heavy atom. The number of hydrogen-bond acceptors (Lipinski definition) is 5. The topological polar surface area (TPSA) is 53.6 Å². The number of nitrogens with zero attached hydrogens (tertiary/aromatic N) is 1. The fraction of sp³-hybridized carbons (Fsp3) is 0.909. The number of carbonyl (C=O) groups excluding carboxylic acids is 1. The van der Waals surface area contributed by atoms with Crippen molar-refractivity contribution < 1.29 is 9.53 Å². The van der Waals surface area contributed by atoms with Gasteiger partial charge in [-0.15, -0.1) is 0 Å². The largest absolute Gasteiger partial charge is 0.355 e. The summed E-state index contributed by atoms with van der Waals surface area (Å²) in [6, 6.07) is 0.265. The Balaban J connectivity index is 2.57. The molecule has 5 nitrogen and oxygen atoms in total. The minimum absolute atomic E-state index is 0.124. The average Bonchev–Trinajstić information content (AvgIpc) is 2.63. The highest BCUT2D eigenvalue weighted by Crippen LogP contribution is 2.21. The molecule has 5 heteroatoms. The van der Waals surface area contributed by atoms with Crippen LogP contribution in [0.15, 0.2) is 0 Å². The van der Waals surface area contributed by atoms with Crippen LogP contribution >= 0.6 is 0 Å². The third-order valence-electron chi connectivity index (χ3n) is 2.92. The zero-order valence-corrected chi connectivity index (χ0v) is 10.6. The summed E-state index contributed by atoms with van der Waals surface area (Å²) in [5.41, 5.74) is 6.33. The van der Waals surface area contributed by atoms with Crippen LogP contribution in [0.2, 0.25) is 0 Å². The first kappa shape index (κ1) is 13.6. The van der Waals surface area contributed by atoms with E-state index in [1.165, 1.54) is 0 Å². The molecule has 2 atom stereocenters. The van der Waals surface area contributed by atoms with E-state index >= 15 is 0 Å². The van der Waals surface area contributed by atoms with Crippen LogP contribution in [0.25, 0.3) is 0 Å². The Hall–Kier alpha value is -0.490. The quantitative estimate of drug-likeness (QED) is 0.513. The summed E-state index contributed by atoms with van der Waals surface area (Å²) in [7, 11) is 1.86. The molecule has 1 unspecified atom stereocenters. The van der Waals surface area contributed by atoms with Crippen molar-refractivity contribution in [2.45, 2.75) is 33.0 Å². The average molecular weight is 229 g/mol. The highest BCUT2D eigenvalue weighted by Gasteiger charge is 2.31. The van der Waals surface area contributed by atoms with Crippen LogP contribution in [0.1, 0.15) is 20.8 Å². The van der Waals surface area contributed by atoms with Crippen LogP contribution in [-0.2, 0) is 9.53 Å². The van der Waals surface area contributed by atoms with E-state index in [2.05, 4.69) is 36.5 Å². The van der Waals surface area contributed by atoms with Crippen molar-refractivity contribution >= 4 is 6.29 Å². The van der Waals surface area contributed by atoms with Crippen LogP contribution < -0.4 is 10.9 Å². The number of nitrogens with one attached hydrogen (secondary N) is 2. The van der Waals surface area contributed by atoms with Crippen molar-refractivity contribution in [3.63, 3.8) is 0 Å². The Kier molecular flexibility index (Phi) is 4.86. The third-order valence-corrected chi connectivity index (χ3v) is 2.92. The molecule has 2 N–H and O–H groups in total. The molecule has 0 aromatic heterocycles. The first-order valence-electron chi connectivity index (χ1n) is 5.72. The molecule has 1 aliphatic rings. The molecular weight excluding hydrogens is 206 g/mol. The fourth-order valence-corrected chi connectivity index (χ4v) is 1.79. The summed E-state index contributed by atoms with van der Waals surface area (Å²) >= 11 is 0. The van der Waals surface area contributed by atoms with Gasteiger partial charge in [-0.05, 0) is 12.5 Å². The summed E-state index contributed by atoms with van der Waals surface area (Å²) in [5.74, 6) is 0. The van der Waals surface area contributed by atoms with Crippen molar-refractivity contribution in [1.82, 2.24) is 15.8 Å². The minimum Gasteiger partial charge on any atom is -0.355 e. The van der Waals surface area contributed by atoms with Gasteiger partial charge in [0.1, 0.15) is 0 Å². The maximum absolute atomic E-state index is 10.8. The minimum atomic E-state index is -0.372. The summed E-state index contributed by atoms with van der Waals surface area (Å²) in [6.07, 6.45) is 0.495. The molecule has 16 heavy (non-hydrogen) atoms. The summed E-state index contributed by atoms with van der Waals surface area (Å²) in [5, 5.41) is 0. The van der Waals surface area contributed by atoms with Gasteiger partial charge in [0.25, 0.3) is 0 Å². The Morgan fingerprint density at radius 3 is 2.75 bits per heavy atom. The molecule has 0 saturated carbocycles. The molecule has 0 aromatic rings. The van der Waals surface area contributed by atoms with Crippen molar-refractivity contribution in [2.75, 3.05) is 26.7 Å². The number of carbonyl (C=O) groups is 1. The van der Waals surface area contributed by atoms with Crippen molar-refractivity contribution in [1.29, 1.82) is 0 Å². The second-order valence-electron chi connectivity index (χ2n) is 5.21. The molecule has 0 amide bonds. The predicted octanol–water partition coefficient (Wildman–Crippen LogP) is -0.0177. The Bertz CT molecular complexity index is 228. The molecular formula is C11H23N3O2. The lowest BCUT2D eigenvalue weighted by Crippen LogP contribution is -2.53. The molecule has 1 saturated heterocycles. The molecule has 1 fully saturated rings. The second-order valence-corrected chi connectivity index (χ2v) is 5.21. The number of aldehydes is 1. The van der Waals surface area contributed by atoms with E-state index in [1.54, 1.807) is 0 Å². The predicted molar refractivity (Wildman–Crippen MR) is 62.8 cm³/mol. The molecule has 0 aliphatic carbocycles. The number of rotatable bonds is 5. The third kappa shape index (κ3) is 3.52. The van der Waals surface area contributed by atoms with Gasteiger partial charge in [-0.1, -0.05) is 20.8 Å². The van der Waals surface area contributed by atoms with E-state index in [-0.39, 0.29) is 17.7 Å². The molecule has 1 heterocycles. The maximum atomic E-state index is 10.8. The van der Waals surface area contributed by atoms with Gasteiger partial charge >= 0.3 is 0 Å². The van der Waals surface area contributed by atoms with E-state index < -0.39 is 0 Å². The van der Waals surface area contributed by atoms with Crippen LogP contribution in [0.3, 0.4) is 0 Å². The molecule has 0 bridgehead atoms. The van der Waals surface area contributed by atoms with E-state index in [9.17, 15) is 4.79 Å². The highest BCUT2D eigenvalue weighted by atomic mass is 16.5. The Morgan fingerprint density at radius 2 is 2.25 bits per heavy atom. The van der Waals surface area contributed by atoms with Gasteiger partial charge in [-0.3, -0.25) is 20.5 Å². The van der Waals surface area contributed by atoms with E-state index in [1.807, 2.05) is 7.05 Å². The van der Waals surface area contributed by atoms with E-state index in [4.69, 9.17) is 4.74 Å². The van der Waals surface area contributed by atoms with Crippen LogP contribution in [0.4, 0.5) is 0 Å². The summed E-state index contributed by atoms with van der Waals surface area (Å²) < 4.78 is 5.32. The van der Waals surface area contributed by atoms with Gasteiger partial charge in [0.2, 0.25) is 0 Å². The summed E-state index contributed by atoms with van der Waals surface area (Å²) in [4.78, 5) is 12.9. The fourth-order valence-electron chi connectivity index (χ4n) is 1.79. The van der Waals surface area contributed by atoms with Gasteiger partial charge in [-0.2, -0.15) is 0 Å². The standard InChI is InChI=1S/C11H23N3O2/c1-11(2,3)9(13-12-4)7-14-5-6-16-10(14)8-15/h8-10,12-13H,5-7H2,1-4H3/t9-,10?/m1/s1. The number of ether oxygens (including phenoxy) is 1. The molecule has 1 rings (SSSR count). The smallest absolute Gasteiger partial charge is 0.167 e. The van der Waals surface area contributed by atoms with Crippen LogP contribution in [0.5, 0.6) is 0 Å². The number of hydrogen-bond donors (Lipinski definition) is 2. The van der Waals surface area contributed by atoms with Crippen LogP contribution in [-0.4, -0.2) is 50.2 Å². The monoisotopic (exact) mass is 229 g/mol. The van der Waals surface area contributed by atoms with E-state index in [0.717, 1.165) is 19.4 Å². The van der Waals surface area contributed by atoms with Crippen molar-refractivity contribution in [3.05, 3.63) is 0 Å². The lowest BCUT2D eigenvalue weighted by atomic mass is 9.87. The molecule has 0 radical (unpaired) electrons. The summed E-state index contributed by atoms with van der Waals surface area (Å²) in [6.45, 7) is 8.79. The van der Waals surface area contributed by atoms with Crippen LogP contribution in [0, 0.1) is 5.41 Å². The van der Waals surface area contributed by atoms with Gasteiger partial charge in [-0.25, -0.2) is 0 Å². The van der Waals surface area contributed by atoms with Gasteiger partial charge in [0, 0.05) is 19.1 Å². The normalized spacial score (nSPS) is 24.6. The second kappa shape index (κ2) is 5.72. The van der Waals surface area contributed by atoms with Crippen molar-refractivity contribution in [2.24, 2.45) is 5.41 Å². The zero-order valence-electron chi connectivity index (χ0n) is 10.6. The van der Waals surface area contributed by atoms with E-state index in [0.29, 0.717) is 6.61 Å². The van der Waals surface area contributed by atoms with Gasteiger partial charge in [0.05, 0.1) is 6.61 Å². The highest BCUT2D eigenvalue weighted by molar-refractivity contribution is 5.55. The lowest BCUT2D eigenvalue weighted by molar-refractivity contribution is -0.121. The molecule has 1 aliphatic heterocycles. The van der Waals surface area contributed by atoms with Gasteiger partial charge in [0.15, 0.2) is 12.5 Å². The SMILES string of the molecule is CNN[C@H](CN1CCOC1C=O)C(C)(C)C. The van der Waals surface area contributed by atoms with Crippen molar-refractivity contribution in [3.8, 4) is 0 Å². The Labute approximate surface area is 97.5 Å². The number of hydrazine groups is 1. The molecule has 94 valence electrons. The molecule has 0 spiro atoms. The first-order chi connectivity index (χ1) is 7.49. The van der Waals surface area contributed by atoms with Gasteiger partial charge < -0.3 is 4.74 Å².